The van der Waals surface area contributed by atoms with Crippen molar-refractivity contribution in [2.24, 2.45) is 0 Å². The van der Waals surface area contributed by atoms with E-state index < -0.39 is 0 Å². The summed E-state index contributed by atoms with van der Waals surface area (Å²) >= 11 is 12.4. The van der Waals surface area contributed by atoms with Crippen molar-refractivity contribution in [3.63, 3.8) is 0 Å². The van der Waals surface area contributed by atoms with Crippen LogP contribution in [0.4, 0.5) is 0 Å². The van der Waals surface area contributed by atoms with Gasteiger partial charge in [-0.05, 0) is 24.6 Å². The first-order valence-corrected chi connectivity index (χ1v) is 7.17. The second-order valence-corrected chi connectivity index (χ2v) is 5.28. The van der Waals surface area contributed by atoms with Crippen LogP contribution in [-0.2, 0) is 6.54 Å². The van der Waals surface area contributed by atoms with Gasteiger partial charge in [-0.15, -0.1) is 0 Å². The van der Waals surface area contributed by atoms with E-state index in [1.54, 1.807) is 6.08 Å². The standard InChI is InChI=1S/C14H16Cl2N4O/c1-3-4-21-13-11(15)5-10(6-12(13)16)7-17-9(2)14-18-8-19-20-14/h3,5-6,8-9,17H,1,4,7H2,2H3,(H,18,19,20)/t9-/m0/s1. The van der Waals surface area contributed by atoms with Crippen LogP contribution in [0.25, 0.3) is 0 Å². The quantitative estimate of drug-likeness (QED) is 0.764. The minimum atomic E-state index is 0.0433. The van der Waals surface area contributed by atoms with Crippen LogP contribution in [0.5, 0.6) is 5.75 Å². The highest BCUT2D eigenvalue weighted by Gasteiger charge is 2.11. The van der Waals surface area contributed by atoms with Gasteiger partial charge in [0.05, 0.1) is 16.1 Å². The number of nitrogens with one attached hydrogen (secondary N) is 2. The Morgan fingerprint density at radius 3 is 2.71 bits per heavy atom. The largest absolute Gasteiger partial charge is 0.486 e. The Bertz CT molecular complexity index is 578. The molecule has 0 amide bonds. The van der Waals surface area contributed by atoms with Crippen molar-refractivity contribution in [1.82, 2.24) is 20.5 Å². The maximum atomic E-state index is 6.19. The molecule has 1 atom stereocenters. The minimum absolute atomic E-state index is 0.0433. The van der Waals surface area contributed by atoms with Crippen LogP contribution >= 0.6 is 23.2 Å². The van der Waals surface area contributed by atoms with Crippen LogP contribution < -0.4 is 10.1 Å². The Morgan fingerprint density at radius 1 is 1.43 bits per heavy atom. The van der Waals surface area contributed by atoms with Crippen molar-refractivity contribution >= 4 is 23.2 Å². The third kappa shape index (κ3) is 4.20. The van der Waals surface area contributed by atoms with E-state index >= 15 is 0 Å². The smallest absolute Gasteiger partial charge is 0.156 e. The molecule has 0 saturated heterocycles. The summed E-state index contributed by atoms with van der Waals surface area (Å²) in [5.74, 6) is 1.25. The molecule has 7 heteroatoms. The van der Waals surface area contributed by atoms with E-state index in [-0.39, 0.29) is 6.04 Å². The molecule has 112 valence electrons. The van der Waals surface area contributed by atoms with Crippen LogP contribution in [-0.4, -0.2) is 21.8 Å². The van der Waals surface area contributed by atoms with Crippen molar-refractivity contribution in [3.05, 3.63) is 52.5 Å². The first-order chi connectivity index (χ1) is 10.1. The summed E-state index contributed by atoms with van der Waals surface area (Å²) in [6, 6.07) is 3.69. The summed E-state index contributed by atoms with van der Waals surface area (Å²) in [5.41, 5.74) is 0.960. The number of H-pyrrole nitrogens is 1. The molecule has 1 aromatic heterocycles. The van der Waals surface area contributed by atoms with Crippen LogP contribution in [0, 0.1) is 0 Å². The number of benzene rings is 1. The van der Waals surface area contributed by atoms with Gasteiger partial charge in [-0.1, -0.05) is 35.9 Å². The molecule has 0 aliphatic carbocycles. The predicted molar refractivity (Wildman–Crippen MR) is 83.8 cm³/mol. The molecule has 5 nitrogen and oxygen atoms in total. The lowest BCUT2D eigenvalue weighted by atomic mass is 10.2. The van der Waals surface area contributed by atoms with Gasteiger partial charge in [0.1, 0.15) is 18.8 Å². The van der Waals surface area contributed by atoms with E-state index in [4.69, 9.17) is 27.9 Å². The molecule has 21 heavy (non-hydrogen) atoms. The molecule has 0 saturated carbocycles. The zero-order valence-corrected chi connectivity index (χ0v) is 13.1. The molecule has 0 fully saturated rings. The van der Waals surface area contributed by atoms with Gasteiger partial charge in [0.25, 0.3) is 0 Å². The topological polar surface area (TPSA) is 62.8 Å². The summed E-state index contributed by atoms with van der Waals surface area (Å²) < 4.78 is 5.43. The fourth-order valence-electron chi connectivity index (χ4n) is 1.79. The van der Waals surface area contributed by atoms with Gasteiger partial charge in [0.2, 0.25) is 0 Å². The van der Waals surface area contributed by atoms with E-state index in [0.717, 1.165) is 11.4 Å². The summed E-state index contributed by atoms with van der Waals surface area (Å²) in [4.78, 5) is 4.10. The lowest BCUT2D eigenvalue weighted by Crippen LogP contribution is -2.19. The molecule has 0 bridgehead atoms. The molecule has 1 heterocycles. The number of hydrogen-bond donors (Lipinski definition) is 2. The number of halogens is 2. The first kappa shape index (κ1) is 15.8. The molecule has 0 spiro atoms. The van der Waals surface area contributed by atoms with Gasteiger partial charge in [0, 0.05) is 6.54 Å². The fraction of sp³-hybridized carbons (Fsp3) is 0.286. The molecule has 0 radical (unpaired) electrons. The maximum Gasteiger partial charge on any atom is 0.156 e. The number of hydrogen-bond acceptors (Lipinski definition) is 4. The van der Waals surface area contributed by atoms with Gasteiger partial charge in [0.15, 0.2) is 5.75 Å². The number of ether oxygens (including phenoxy) is 1. The van der Waals surface area contributed by atoms with Gasteiger partial charge >= 0.3 is 0 Å². The van der Waals surface area contributed by atoms with E-state index in [2.05, 4.69) is 27.1 Å². The van der Waals surface area contributed by atoms with Crippen molar-refractivity contribution < 1.29 is 4.74 Å². The average molecular weight is 327 g/mol. The number of nitrogens with zero attached hydrogens (tertiary/aromatic N) is 2. The zero-order chi connectivity index (χ0) is 15.2. The maximum absolute atomic E-state index is 6.19. The Morgan fingerprint density at radius 2 is 2.14 bits per heavy atom. The summed E-state index contributed by atoms with van der Waals surface area (Å²) in [6.45, 7) is 6.54. The Hall–Kier alpha value is -1.56. The van der Waals surface area contributed by atoms with Gasteiger partial charge < -0.3 is 10.1 Å². The second kappa shape index (κ2) is 7.45. The monoisotopic (exact) mass is 326 g/mol. The van der Waals surface area contributed by atoms with E-state index in [1.807, 2.05) is 19.1 Å². The molecule has 0 aliphatic rings. The molecule has 2 aromatic rings. The van der Waals surface area contributed by atoms with Gasteiger partial charge in [-0.3, -0.25) is 5.10 Å². The minimum Gasteiger partial charge on any atom is -0.486 e. The molecule has 2 rings (SSSR count). The number of aromatic amines is 1. The lowest BCUT2D eigenvalue weighted by Gasteiger charge is -2.13. The number of rotatable bonds is 7. The zero-order valence-electron chi connectivity index (χ0n) is 11.6. The van der Waals surface area contributed by atoms with Crippen molar-refractivity contribution in [2.75, 3.05) is 6.61 Å². The molecule has 2 N–H and O–H groups in total. The molecule has 0 aliphatic heterocycles. The van der Waals surface area contributed by atoms with E-state index in [0.29, 0.717) is 28.9 Å². The number of aromatic nitrogens is 3. The normalized spacial score (nSPS) is 12.1. The third-order valence-electron chi connectivity index (χ3n) is 2.86. The first-order valence-electron chi connectivity index (χ1n) is 6.42. The Labute approximate surface area is 133 Å². The van der Waals surface area contributed by atoms with Crippen LogP contribution in [0.3, 0.4) is 0 Å². The van der Waals surface area contributed by atoms with Crippen molar-refractivity contribution in [2.45, 2.75) is 19.5 Å². The Kier molecular flexibility index (Phi) is 5.61. The Balaban J connectivity index is 2.02. The van der Waals surface area contributed by atoms with Crippen molar-refractivity contribution in [1.29, 1.82) is 0 Å². The van der Waals surface area contributed by atoms with Gasteiger partial charge in [-0.25, -0.2) is 4.98 Å². The van der Waals surface area contributed by atoms with E-state index in [9.17, 15) is 0 Å². The van der Waals surface area contributed by atoms with Crippen LogP contribution in [0.15, 0.2) is 31.1 Å². The summed E-state index contributed by atoms with van der Waals surface area (Å²) in [5, 5.41) is 10.9. The van der Waals surface area contributed by atoms with Crippen molar-refractivity contribution in [3.8, 4) is 5.75 Å². The average Bonchev–Trinajstić information content (AvgIpc) is 2.98. The summed E-state index contributed by atoms with van der Waals surface area (Å²) in [6.07, 6.45) is 3.12. The molecule has 1 aromatic carbocycles. The highest BCUT2D eigenvalue weighted by atomic mass is 35.5. The predicted octanol–water partition coefficient (Wildman–Crippen LogP) is 3.53. The molecular weight excluding hydrogens is 311 g/mol. The van der Waals surface area contributed by atoms with Crippen LogP contribution in [0.1, 0.15) is 24.4 Å². The van der Waals surface area contributed by atoms with Crippen LogP contribution in [0.2, 0.25) is 10.0 Å². The highest BCUT2D eigenvalue weighted by Crippen LogP contribution is 2.34. The third-order valence-corrected chi connectivity index (χ3v) is 3.42. The highest BCUT2D eigenvalue weighted by molar-refractivity contribution is 6.37. The SMILES string of the molecule is C=CCOc1c(Cl)cc(CN[C@@H](C)c2ncn[nH]2)cc1Cl. The summed E-state index contributed by atoms with van der Waals surface area (Å²) in [7, 11) is 0. The lowest BCUT2D eigenvalue weighted by molar-refractivity contribution is 0.363. The second-order valence-electron chi connectivity index (χ2n) is 4.46. The molecule has 0 unspecified atom stereocenters. The molecular formula is C14H16Cl2N4O. The van der Waals surface area contributed by atoms with Gasteiger partial charge in [-0.2, -0.15) is 5.10 Å². The fourth-order valence-corrected chi connectivity index (χ4v) is 2.43. The van der Waals surface area contributed by atoms with E-state index in [1.165, 1.54) is 6.33 Å².